The number of rotatable bonds is 6. The number of benzene rings is 1. The number of hydrogen-bond donors (Lipinski definition) is 0. The summed E-state index contributed by atoms with van der Waals surface area (Å²) in [5.41, 5.74) is 0. The third kappa shape index (κ3) is 3.94. The lowest BCUT2D eigenvalue weighted by molar-refractivity contribution is -0.140. The van der Waals surface area contributed by atoms with Crippen molar-refractivity contribution < 1.29 is 31.1 Å². The van der Waals surface area contributed by atoms with Crippen LogP contribution in [0.4, 0.5) is 13.2 Å². The van der Waals surface area contributed by atoms with Crippen molar-refractivity contribution in [2.75, 3.05) is 20.7 Å². The van der Waals surface area contributed by atoms with Crippen LogP contribution in [0.2, 0.25) is 0 Å². The molecular weight excluding hydrogens is 311 g/mol. The first-order valence-electron chi connectivity index (χ1n) is 5.88. The van der Waals surface area contributed by atoms with Crippen molar-refractivity contribution in [1.82, 2.24) is 4.31 Å². The second-order valence-corrected chi connectivity index (χ2v) is 6.19. The molecule has 0 radical (unpaired) electrons. The molecule has 0 aromatic heterocycles. The molecule has 5 nitrogen and oxygen atoms in total. The van der Waals surface area contributed by atoms with E-state index in [2.05, 4.69) is 4.74 Å². The van der Waals surface area contributed by atoms with Crippen LogP contribution in [0.3, 0.4) is 0 Å². The smallest absolute Gasteiger partial charge is 0.305 e. The number of hydrogen-bond acceptors (Lipinski definition) is 4. The molecule has 1 rings (SSSR count). The highest BCUT2D eigenvalue weighted by Crippen LogP contribution is 2.22. The van der Waals surface area contributed by atoms with Gasteiger partial charge >= 0.3 is 5.97 Å². The zero-order valence-electron chi connectivity index (χ0n) is 11.4. The van der Waals surface area contributed by atoms with Crippen LogP contribution in [0.15, 0.2) is 17.0 Å². The summed E-state index contributed by atoms with van der Waals surface area (Å²) in [6.07, 6.45) is 0.129. The third-order valence-corrected chi connectivity index (χ3v) is 4.64. The van der Waals surface area contributed by atoms with Gasteiger partial charge in [0.25, 0.3) is 0 Å². The van der Waals surface area contributed by atoms with Gasteiger partial charge in [-0.05, 0) is 18.6 Å². The number of halogens is 3. The summed E-state index contributed by atoms with van der Waals surface area (Å²) in [4.78, 5) is 9.95. The lowest BCUT2D eigenvalue weighted by atomic mass is 10.3. The molecule has 0 saturated heterocycles. The average Bonchev–Trinajstić information content (AvgIpc) is 2.44. The first kappa shape index (κ1) is 17.4. The van der Waals surface area contributed by atoms with Gasteiger partial charge in [0.1, 0.15) is 4.90 Å². The third-order valence-electron chi connectivity index (χ3n) is 2.77. The summed E-state index contributed by atoms with van der Waals surface area (Å²) < 4.78 is 68.7. The molecule has 0 N–H and O–H groups in total. The highest BCUT2D eigenvalue weighted by molar-refractivity contribution is 7.89. The van der Waals surface area contributed by atoms with Crippen molar-refractivity contribution in [2.45, 2.75) is 17.7 Å². The van der Waals surface area contributed by atoms with Gasteiger partial charge in [0.15, 0.2) is 17.5 Å². The molecular formula is C12H14F3NO4S. The molecule has 0 aliphatic heterocycles. The Morgan fingerprint density at radius 2 is 1.86 bits per heavy atom. The molecule has 0 bridgehead atoms. The molecule has 0 unspecified atom stereocenters. The Morgan fingerprint density at radius 1 is 1.24 bits per heavy atom. The van der Waals surface area contributed by atoms with Gasteiger partial charge in [-0.1, -0.05) is 0 Å². The highest BCUT2D eigenvalue weighted by Gasteiger charge is 2.27. The molecule has 0 atom stereocenters. The fourth-order valence-electron chi connectivity index (χ4n) is 1.54. The molecule has 1 aromatic carbocycles. The SMILES string of the molecule is COC(=O)CCCN(C)S(=O)(=O)c1ccc(F)c(F)c1F. The van der Waals surface area contributed by atoms with Crippen LogP contribution in [0.5, 0.6) is 0 Å². The second-order valence-electron chi connectivity index (χ2n) is 4.18. The quantitative estimate of drug-likeness (QED) is 0.590. The van der Waals surface area contributed by atoms with Crippen LogP contribution in [-0.2, 0) is 19.6 Å². The minimum absolute atomic E-state index is 0.0172. The largest absolute Gasteiger partial charge is 0.469 e. The number of ether oxygens (including phenoxy) is 1. The Bertz CT molecular complexity index is 634. The van der Waals surface area contributed by atoms with Crippen molar-refractivity contribution in [2.24, 2.45) is 0 Å². The van der Waals surface area contributed by atoms with E-state index in [4.69, 9.17) is 0 Å². The molecule has 0 spiro atoms. The monoisotopic (exact) mass is 325 g/mol. The maximum atomic E-state index is 13.5. The Labute approximate surface area is 120 Å². The average molecular weight is 325 g/mol. The summed E-state index contributed by atoms with van der Waals surface area (Å²) in [5, 5.41) is 0. The van der Waals surface area contributed by atoms with E-state index in [0.717, 1.165) is 11.4 Å². The normalized spacial score (nSPS) is 11.7. The molecule has 0 saturated carbocycles. The van der Waals surface area contributed by atoms with Crippen molar-refractivity contribution in [3.63, 3.8) is 0 Å². The molecule has 0 amide bonds. The Balaban J connectivity index is 2.91. The predicted octanol–water partition coefficient (Wildman–Crippen LogP) is 1.68. The zero-order valence-corrected chi connectivity index (χ0v) is 12.2. The van der Waals surface area contributed by atoms with Gasteiger partial charge in [-0.2, -0.15) is 0 Å². The van der Waals surface area contributed by atoms with Gasteiger partial charge in [0.2, 0.25) is 10.0 Å². The first-order chi connectivity index (χ1) is 9.71. The summed E-state index contributed by atoms with van der Waals surface area (Å²) in [5.74, 6) is -5.60. The molecule has 118 valence electrons. The van der Waals surface area contributed by atoms with Crippen LogP contribution in [0, 0.1) is 17.5 Å². The maximum Gasteiger partial charge on any atom is 0.305 e. The molecule has 1 aromatic rings. The van der Waals surface area contributed by atoms with Crippen LogP contribution in [0.1, 0.15) is 12.8 Å². The minimum atomic E-state index is -4.31. The highest BCUT2D eigenvalue weighted by atomic mass is 32.2. The van der Waals surface area contributed by atoms with Gasteiger partial charge in [-0.3, -0.25) is 4.79 Å². The van der Waals surface area contributed by atoms with E-state index >= 15 is 0 Å². The number of sulfonamides is 1. The maximum absolute atomic E-state index is 13.5. The van der Waals surface area contributed by atoms with Gasteiger partial charge in [-0.15, -0.1) is 0 Å². The van der Waals surface area contributed by atoms with Gasteiger partial charge in [-0.25, -0.2) is 25.9 Å². The van der Waals surface area contributed by atoms with E-state index in [9.17, 15) is 26.4 Å². The van der Waals surface area contributed by atoms with E-state index in [1.165, 1.54) is 7.11 Å². The number of nitrogens with zero attached hydrogens (tertiary/aromatic N) is 1. The van der Waals surface area contributed by atoms with Crippen molar-refractivity contribution in [3.05, 3.63) is 29.6 Å². The molecule has 0 heterocycles. The Morgan fingerprint density at radius 3 is 2.43 bits per heavy atom. The zero-order chi connectivity index (χ0) is 16.2. The Kier molecular flexibility index (Phi) is 5.73. The van der Waals surface area contributed by atoms with Crippen LogP contribution in [-0.4, -0.2) is 39.4 Å². The number of carbonyl (C=O) groups excluding carboxylic acids is 1. The van der Waals surface area contributed by atoms with Gasteiger partial charge in [0, 0.05) is 20.0 Å². The number of methoxy groups -OCH3 is 1. The van der Waals surface area contributed by atoms with E-state index < -0.39 is 38.3 Å². The molecule has 21 heavy (non-hydrogen) atoms. The molecule has 9 heteroatoms. The van der Waals surface area contributed by atoms with Gasteiger partial charge in [0.05, 0.1) is 7.11 Å². The lowest BCUT2D eigenvalue weighted by Crippen LogP contribution is -2.29. The fraction of sp³-hybridized carbons (Fsp3) is 0.417. The fourth-order valence-corrected chi connectivity index (χ4v) is 2.80. The summed E-state index contributed by atoms with van der Waals surface area (Å²) in [7, 11) is -1.97. The molecule has 0 aliphatic rings. The second kappa shape index (κ2) is 6.90. The standard InChI is InChI=1S/C12H14F3NO4S/c1-16(7-3-4-10(17)20-2)21(18,19)9-6-5-8(13)11(14)12(9)15/h5-6H,3-4,7H2,1-2H3. The first-order valence-corrected chi connectivity index (χ1v) is 7.32. The number of carbonyl (C=O) groups is 1. The number of esters is 1. The molecule has 0 aliphatic carbocycles. The van der Waals surface area contributed by atoms with E-state index in [-0.39, 0.29) is 19.4 Å². The van der Waals surface area contributed by atoms with Crippen molar-refractivity contribution in [3.8, 4) is 0 Å². The Hall–Kier alpha value is -1.61. The molecule has 0 fully saturated rings. The van der Waals surface area contributed by atoms with Crippen LogP contribution in [0.25, 0.3) is 0 Å². The summed E-state index contributed by atoms with van der Waals surface area (Å²) >= 11 is 0. The van der Waals surface area contributed by atoms with Crippen LogP contribution >= 0.6 is 0 Å². The van der Waals surface area contributed by atoms with Gasteiger partial charge < -0.3 is 4.74 Å². The van der Waals surface area contributed by atoms with Crippen LogP contribution < -0.4 is 0 Å². The summed E-state index contributed by atoms with van der Waals surface area (Å²) in [6, 6.07) is 1.19. The minimum Gasteiger partial charge on any atom is -0.469 e. The van der Waals surface area contributed by atoms with Crippen molar-refractivity contribution in [1.29, 1.82) is 0 Å². The lowest BCUT2D eigenvalue weighted by Gasteiger charge is -2.17. The van der Waals surface area contributed by atoms with E-state index in [0.29, 0.717) is 12.1 Å². The van der Waals surface area contributed by atoms with E-state index in [1.54, 1.807) is 0 Å². The summed E-state index contributed by atoms with van der Waals surface area (Å²) in [6.45, 7) is -0.101. The van der Waals surface area contributed by atoms with Crippen molar-refractivity contribution >= 4 is 16.0 Å². The van der Waals surface area contributed by atoms with E-state index in [1.807, 2.05) is 0 Å². The topological polar surface area (TPSA) is 63.7 Å². The predicted molar refractivity (Wildman–Crippen MR) is 67.4 cm³/mol.